The van der Waals surface area contributed by atoms with Gasteiger partial charge in [-0.05, 0) is 31.2 Å². The number of hydrogen-bond acceptors (Lipinski definition) is 4. The Bertz CT molecular complexity index is 625. The standard InChI is InChI=1S/C14H15ClFN3O/c1-8(20)10-7-13(18-19(3)14(10)17-2)11-6-9(15)4-5-12(11)16/h4-7,17-18H,1-3H3. The Hall–Kier alpha value is -2.01. The Morgan fingerprint density at radius 1 is 1.45 bits per heavy atom. The van der Waals surface area contributed by atoms with Crippen LogP contribution >= 0.6 is 11.6 Å². The minimum Gasteiger partial charge on any atom is -0.373 e. The molecule has 0 spiro atoms. The molecule has 1 aliphatic rings. The lowest BCUT2D eigenvalue weighted by Gasteiger charge is -2.31. The summed E-state index contributed by atoms with van der Waals surface area (Å²) in [6, 6.07) is 4.30. The van der Waals surface area contributed by atoms with E-state index >= 15 is 0 Å². The summed E-state index contributed by atoms with van der Waals surface area (Å²) in [6.07, 6.45) is 1.61. The average Bonchev–Trinajstić information content (AvgIpc) is 2.40. The molecule has 0 saturated carbocycles. The van der Waals surface area contributed by atoms with Crippen molar-refractivity contribution < 1.29 is 9.18 Å². The zero-order valence-electron chi connectivity index (χ0n) is 11.4. The molecule has 1 aromatic rings. The Morgan fingerprint density at radius 3 is 2.75 bits per heavy atom. The number of nitrogens with zero attached hydrogens (tertiary/aromatic N) is 1. The van der Waals surface area contributed by atoms with Crippen molar-refractivity contribution in [3.63, 3.8) is 0 Å². The molecule has 1 aliphatic heterocycles. The number of allylic oxidation sites excluding steroid dienone is 2. The summed E-state index contributed by atoms with van der Waals surface area (Å²) in [5.41, 5.74) is 4.29. The number of carbonyl (C=O) groups excluding carboxylic acids is 1. The van der Waals surface area contributed by atoms with Crippen LogP contribution in [-0.4, -0.2) is 24.9 Å². The third kappa shape index (κ3) is 2.63. The number of ketones is 1. The van der Waals surface area contributed by atoms with Crippen molar-refractivity contribution in [3.8, 4) is 0 Å². The van der Waals surface area contributed by atoms with Crippen LogP contribution in [0.1, 0.15) is 12.5 Å². The number of halogens is 2. The van der Waals surface area contributed by atoms with Crippen molar-refractivity contribution in [2.24, 2.45) is 0 Å². The lowest BCUT2D eigenvalue weighted by molar-refractivity contribution is -0.113. The van der Waals surface area contributed by atoms with E-state index in [2.05, 4.69) is 10.7 Å². The van der Waals surface area contributed by atoms with Gasteiger partial charge in [-0.3, -0.25) is 15.2 Å². The zero-order valence-corrected chi connectivity index (χ0v) is 12.2. The molecule has 2 rings (SSSR count). The van der Waals surface area contributed by atoms with Crippen molar-refractivity contribution in [2.75, 3.05) is 14.1 Å². The molecule has 106 valence electrons. The highest BCUT2D eigenvalue weighted by molar-refractivity contribution is 6.30. The van der Waals surface area contributed by atoms with Gasteiger partial charge < -0.3 is 5.32 Å². The van der Waals surface area contributed by atoms with E-state index in [0.717, 1.165) is 0 Å². The van der Waals surface area contributed by atoms with E-state index < -0.39 is 5.82 Å². The van der Waals surface area contributed by atoms with Gasteiger partial charge in [-0.25, -0.2) is 4.39 Å². The minimum atomic E-state index is -0.405. The van der Waals surface area contributed by atoms with Gasteiger partial charge in [0.15, 0.2) is 5.78 Å². The number of hydrazine groups is 1. The summed E-state index contributed by atoms with van der Waals surface area (Å²) in [5, 5.41) is 5.00. The first-order valence-electron chi connectivity index (χ1n) is 6.04. The summed E-state index contributed by atoms with van der Waals surface area (Å²) in [5.74, 6) is 0.115. The van der Waals surface area contributed by atoms with Crippen molar-refractivity contribution in [3.05, 3.63) is 52.1 Å². The van der Waals surface area contributed by atoms with Crippen molar-refractivity contribution >= 4 is 23.1 Å². The molecule has 6 heteroatoms. The molecule has 0 fully saturated rings. The number of rotatable bonds is 3. The molecule has 0 radical (unpaired) electrons. The molecule has 0 bridgehead atoms. The predicted octanol–water partition coefficient (Wildman–Crippen LogP) is 2.29. The van der Waals surface area contributed by atoms with Crippen LogP contribution in [0.25, 0.3) is 5.70 Å². The number of hydrogen-bond donors (Lipinski definition) is 2. The van der Waals surface area contributed by atoms with Crippen molar-refractivity contribution in [2.45, 2.75) is 6.92 Å². The fourth-order valence-electron chi connectivity index (χ4n) is 2.07. The van der Waals surface area contributed by atoms with Gasteiger partial charge in [0.25, 0.3) is 0 Å². The summed E-state index contributed by atoms with van der Waals surface area (Å²) >= 11 is 5.90. The fraction of sp³-hybridized carbons (Fsp3) is 0.214. The molecular weight excluding hydrogens is 281 g/mol. The van der Waals surface area contributed by atoms with Gasteiger partial charge in [-0.1, -0.05) is 11.6 Å². The molecule has 1 aromatic carbocycles. The second-order valence-electron chi connectivity index (χ2n) is 4.42. The third-order valence-corrected chi connectivity index (χ3v) is 3.24. The lowest BCUT2D eigenvalue weighted by Crippen LogP contribution is -2.41. The normalized spacial score (nSPS) is 14.8. The van der Waals surface area contributed by atoms with E-state index in [9.17, 15) is 9.18 Å². The molecule has 0 saturated heterocycles. The summed E-state index contributed by atoms with van der Waals surface area (Å²) < 4.78 is 13.9. The lowest BCUT2D eigenvalue weighted by atomic mass is 10.0. The number of Topliss-reactive ketones (excluding diaryl/α,β-unsaturated/α-hetero) is 1. The van der Waals surface area contributed by atoms with Gasteiger partial charge in [-0.2, -0.15) is 0 Å². The minimum absolute atomic E-state index is 0.109. The summed E-state index contributed by atoms with van der Waals surface area (Å²) in [4.78, 5) is 11.7. The molecule has 0 aromatic heterocycles. The maximum atomic E-state index is 13.9. The molecule has 4 nitrogen and oxygen atoms in total. The van der Waals surface area contributed by atoms with Gasteiger partial charge in [0.05, 0.1) is 11.3 Å². The maximum Gasteiger partial charge on any atom is 0.163 e. The highest BCUT2D eigenvalue weighted by Gasteiger charge is 2.21. The SMILES string of the molecule is CNC1=C(C(C)=O)C=C(c2cc(Cl)ccc2F)NN1C. The molecule has 20 heavy (non-hydrogen) atoms. The van der Waals surface area contributed by atoms with Crippen LogP contribution in [0.2, 0.25) is 5.02 Å². The summed E-state index contributed by atoms with van der Waals surface area (Å²) in [6.45, 7) is 1.47. The van der Waals surface area contributed by atoms with E-state index in [-0.39, 0.29) is 5.78 Å². The van der Waals surface area contributed by atoms with Crippen LogP contribution < -0.4 is 10.7 Å². The smallest absolute Gasteiger partial charge is 0.163 e. The Kier molecular flexibility index (Phi) is 3.99. The monoisotopic (exact) mass is 295 g/mol. The van der Waals surface area contributed by atoms with Crippen LogP contribution in [0, 0.1) is 5.82 Å². The third-order valence-electron chi connectivity index (χ3n) is 3.00. The highest BCUT2D eigenvalue weighted by Crippen LogP contribution is 2.26. The first-order valence-corrected chi connectivity index (χ1v) is 6.42. The van der Waals surface area contributed by atoms with E-state index in [1.54, 1.807) is 25.2 Å². The average molecular weight is 296 g/mol. The Morgan fingerprint density at radius 2 is 2.15 bits per heavy atom. The van der Waals surface area contributed by atoms with E-state index in [0.29, 0.717) is 27.7 Å². The van der Waals surface area contributed by atoms with Crippen molar-refractivity contribution in [1.82, 2.24) is 15.8 Å². The Balaban J connectivity index is 2.56. The molecule has 0 unspecified atom stereocenters. The quantitative estimate of drug-likeness (QED) is 0.898. The fourth-order valence-corrected chi connectivity index (χ4v) is 2.25. The topological polar surface area (TPSA) is 44.4 Å². The van der Waals surface area contributed by atoms with Crippen LogP contribution in [0.15, 0.2) is 35.7 Å². The largest absolute Gasteiger partial charge is 0.373 e. The van der Waals surface area contributed by atoms with E-state index in [4.69, 9.17) is 11.6 Å². The molecule has 0 amide bonds. The van der Waals surface area contributed by atoms with Crippen LogP contribution in [-0.2, 0) is 4.79 Å². The number of benzene rings is 1. The molecule has 0 aliphatic carbocycles. The van der Waals surface area contributed by atoms with Gasteiger partial charge in [0.1, 0.15) is 11.6 Å². The van der Waals surface area contributed by atoms with E-state index in [1.807, 2.05) is 0 Å². The van der Waals surface area contributed by atoms with Gasteiger partial charge >= 0.3 is 0 Å². The number of nitrogens with one attached hydrogen (secondary N) is 2. The molecule has 2 N–H and O–H groups in total. The second-order valence-corrected chi connectivity index (χ2v) is 4.86. The predicted molar refractivity (Wildman–Crippen MR) is 77.1 cm³/mol. The van der Waals surface area contributed by atoms with Gasteiger partial charge in [0, 0.05) is 24.7 Å². The molecule has 0 atom stereocenters. The summed E-state index contributed by atoms with van der Waals surface area (Å²) in [7, 11) is 3.46. The number of carbonyl (C=O) groups is 1. The first-order chi connectivity index (χ1) is 9.43. The maximum absolute atomic E-state index is 13.9. The van der Waals surface area contributed by atoms with Crippen molar-refractivity contribution in [1.29, 1.82) is 0 Å². The van der Waals surface area contributed by atoms with Crippen LogP contribution in [0.5, 0.6) is 0 Å². The van der Waals surface area contributed by atoms with E-state index in [1.165, 1.54) is 25.1 Å². The van der Waals surface area contributed by atoms with Crippen LogP contribution in [0.4, 0.5) is 4.39 Å². The zero-order chi connectivity index (χ0) is 14.9. The van der Waals surface area contributed by atoms with Gasteiger partial charge in [0.2, 0.25) is 0 Å². The molecular formula is C14H15ClFN3O. The second kappa shape index (κ2) is 5.54. The van der Waals surface area contributed by atoms with Crippen LogP contribution in [0.3, 0.4) is 0 Å². The molecule has 1 heterocycles. The first kappa shape index (κ1) is 14.4. The van der Waals surface area contributed by atoms with Gasteiger partial charge in [-0.15, -0.1) is 0 Å². The highest BCUT2D eigenvalue weighted by atomic mass is 35.5. The Labute approximate surface area is 121 Å².